The summed E-state index contributed by atoms with van der Waals surface area (Å²) >= 11 is 0. The molecular formula is C23H21F2N7O2. The van der Waals surface area contributed by atoms with E-state index in [0.717, 1.165) is 31.9 Å². The number of fused-ring (bicyclic) bond motifs is 4. The van der Waals surface area contributed by atoms with Crippen molar-refractivity contribution in [3.05, 3.63) is 41.0 Å². The number of halogens is 2. The Bertz CT molecular complexity index is 1350. The van der Waals surface area contributed by atoms with Crippen molar-refractivity contribution in [3.63, 3.8) is 0 Å². The molecule has 2 bridgehead atoms. The van der Waals surface area contributed by atoms with Crippen molar-refractivity contribution in [2.75, 3.05) is 5.32 Å². The fourth-order valence-electron chi connectivity index (χ4n) is 5.75. The number of hydrogen-bond donors (Lipinski definition) is 3. The summed E-state index contributed by atoms with van der Waals surface area (Å²) in [4.78, 5) is 28.3. The van der Waals surface area contributed by atoms with Gasteiger partial charge in [0.2, 0.25) is 6.04 Å². The molecule has 11 heteroatoms. The van der Waals surface area contributed by atoms with E-state index < -0.39 is 29.6 Å². The number of carboxylic acid groups (broad SMARTS) is 1. The molecule has 0 saturated heterocycles. The molecule has 174 valence electrons. The Hall–Kier alpha value is -3.68. The molecule has 3 heterocycles. The first-order valence-electron chi connectivity index (χ1n) is 11.4. The highest BCUT2D eigenvalue weighted by Gasteiger charge is 2.50. The number of aliphatic carboxylic acids is 1. The van der Waals surface area contributed by atoms with Gasteiger partial charge in [-0.3, -0.25) is 9.89 Å². The van der Waals surface area contributed by atoms with Crippen molar-refractivity contribution >= 4 is 22.8 Å². The number of nitrogens with zero attached hydrogens (tertiary/aromatic N) is 5. The van der Waals surface area contributed by atoms with E-state index in [1.54, 1.807) is 0 Å². The van der Waals surface area contributed by atoms with Crippen LogP contribution in [-0.2, 0) is 4.79 Å². The molecule has 9 nitrogen and oxygen atoms in total. The van der Waals surface area contributed by atoms with Gasteiger partial charge in [0.1, 0.15) is 11.5 Å². The molecule has 4 aliphatic rings. The van der Waals surface area contributed by atoms with Crippen LogP contribution >= 0.6 is 0 Å². The highest BCUT2D eigenvalue weighted by Crippen LogP contribution is 2.48. The molecule has 0 spiro atoms. The lowest BCUT2D eigenvalue weighted by atomic mass is 9.61. The van der Waals surface area contributed by atoms with Gasteiger partial charge in [0.25, 0.3) is 0 Å². The summed E-state index contributed by atoms with van der Waals surface area (Å²) in [6.45, 7) is 7.30. The molecule has 0 radical (unpaired) electrons. The number of aromatic nitrogens is 5. The summed E-state index contributed by atoms with van der Waals surface area (Å²) < 4.78 is 29.5. The van der Waals surface area contributed by atoms with E-state index in [4.69, 9.17) is 6.57 Å². The predicted molar refractivity (Wildman–Crippen MR) is 117 cm³/mol. The highest BCUT2D eigenvalue weighted by molar-refractivity contribution is 5.88. The van der Waals surface area contributed by atoms with Gasteiger partial charge < -0.3 is 15.3 Å². The molecular weight excluding hydrogens is 444 g/mol. The second kappa shape index (κ2) is 7.68. The standard InChI is InChI=1S/C23H21F2N7O2/c1-26-14-7-12(14)18-16(25)21(28-17-10-4-2-9(3-5-10)15(17)23(33)34)30-22(29-18)19-13-6-11(24)8-27-20(13)32-31-19/h6,8-10,12,14-15,17H,2-5,7H2,(H,33,34)(H,27,31,32)(H,28,29,30)/t9?,10?,12?,14-,15+,17+/m1/s1. The zero-order valence-electron chi connectivity index (χ0n) is 18.0. The molecule has 4 saturated carbocycles. The largest absolute Gasteiger partial charge is 0.481 e. The second-order valence-electron chi connectivity index (χ2n) is 9.47. The number of anilines is 1. The summed E-state index contributed by atoms with van der Waals surface area (Å²) in [5, 5.41) is 20.2. The SMILES string of the molecule is [C-]#[N+][C@@H]1CC1c1nc(-c2[nH]nc3ncc(F)cc23)nc(N[C@H]2C3CCC(CC3)[C@@H]2C(=O)O)c1F. The molecule has 34 heavy (non-hydrogen) atoms. The fraction of sp³-hybridized carbons (Fsp3) is 0.478. The van der Waals surface area contributed by atoms with Crippen molar-refractivity contribution in [1.29, 1.82) is 0 Å². The Morgan fingerprint density at radius 2 is 1.97 bits per heavy atom. The lowest BCUT2D eigenvalue weighted by Gasteiger charge is -2.47. The quantitative estimate of drug-likeness (QED) is 0.491. The van der Waals surface area contributed by atoms with E-state index >= 15 is 4.39 Å². The van der Waals surface area contributed by atoms with E-state index in [-0.39, 0.29) is 52.5 Å². The molecule has 3 N–H and O–H groups in total. The zero-order chi connectivity index (χ0) is 23.6. The zero-order valence-corrected chi connectivity index (χ0v) is 18.0. The Morgan fingerprint density at radius 1 is 1.21 bits per heavy atom. The summed E-state index contributed by atoms with van der Waals surface area (Å²) in [6.07, 6.45) is 5.02. The van der Waals surface area contributed by atoms with Gasteiger partial charge in [0, 0.05) is 12.5 Å². The van der Waals surface area contributed by atoms with Crippen molar-refractivity contribution in [3.8, 4) is 11.5 Å². The molecule has 0 aromatic carbocycles. The highest BCUT2D eigenvalue weighted by atomic mass is 19.1. The van der Waals surface area contributed by atoms with Crippen LogP contribution in [0.5, 0.6) is 0 Å². The first-order chi connectivity index (χ1) is 16.4. The van der Waals surface area contributed by atoms with Crippen LogP contribution in [0.25, 0.3) is 27.4 Å². The van der Waals surface area contributed by atoms with Gasteiger partial charge in [-0.05, 0) is 43.6 Å². The van der Waals surface area contributed by atoms with Gasteiger partial charge in [-0.25, -0.2) is 30.3 Å². The minimum atomic E-state index is -0.891. The van der Waals surface area contributed by atoms with Gasteiger partial charge in [-0.2, -0.15) is 5.10 Å². The van der Waals surface area contributed by atoms with Gasteiger partial charge in [-0.15, -0.1) is 0 Å². The van der Waals surface area contributed by atoms with Gasteiger partial charge in [-0.1, -0.05) is 0 Å². The normalized spacial score (nSPS) is 29.7. The number of aromatic amines is 1. The van der Waals surface area contributed by atoms with Crippen LogP contribution < -0.4 is 5.32 Å². The van der Waals surface area contributed by atoms with Gasteiger partial charge >= 0.3 is 5.97 Å². The van der Waals surface area contributed by atoms with Gasteiger partial charge in [0.05, 0.1) is 29.1 Å². The predicted octanol–water partition coefficient (Wildman–Crippen LogP) is 3.77. The second-order valence-corrected chi connectivity index (χ2v) is 9.47. The average Bonchev–Trinajstić information content (AvgIpc) is 3.51. The van der Waals surface area contributed by atoms with Crippen molar-refractivity contribution in [2.45, 2.75) is 50.1 Å². The fourth-order valence-corrected chi connectivity index (χ4v) is 5.75. The summed E-state index contributed by atoms with van der Waals surface area (Å²) in [5.74, 6) is -2.96. The number of carbonyl (C=O) groups is 1. The van der Waals surface area contributed by atoms with Crippen molar-refractivity contribution in [2.24, 2.45) is 17.8 Å². The number of rotatable bonds is 5. The van der Waals surface area contributed by atoms with Crippen molar-refractivity contribution < 1.29 is 18.7 Å². The summed E-state index contributed by atoms with van der Waals surface area (Å²) in [7, 11) is 0. The number of carboxylic acids is 1. The lowest BCUT2D eigenvalue weighted by Crippen LogP contribution is -2.51. The molecule has 4 aliphatic carbocycles. The van der Waals surface area contributed by atoms with Crippen LogP contribution in [0.4, 0.5) is 14.6 Å². The maximum atomic E-state index is 15.7. The van der Waals surface area contributed by atoms with Crippen LogP contribution in [0.1, 0.15) is 43.7 Å². The van der Waals surface area contributed by atoms with E-state index in [1.165, 1.54) is 6.07 Å². The summed E-state index contributed by atoms with van der Waals surface area (Å²) in [5.41, 5.74) is 0.654. The Balaban J connectivity index is 1.46. The minimum Gasteiger partial charge on any atom is -0.481 e. The van der Waals surface area contributed by atoms with E-state index in [1.807, 2.05) is 0 Å². The number of H-pyrrole nitrogens is 1. The average molecular weight is 465 g/mol. The van der Waals surface area contributed by atoms with Crippen LogP contribution in [0, 0.1) is 36.0 Å². The van der Waals surface area contributed by atoms with E-state index in [0.29, 0.717) is 11.8 Å². The van der Waals surface area contributed by atoms with Crippen LogP contribution in [0.2, 0.25) is 0 Å². The third-order valence-corrected chi connectivity index (χ3v) is 7.56. The van der Waals surface area contributed by atoms with E-state index in [2.05, 4.69) is 35.3 Å². The summed E-state index contributed by atoms with van der Waals surface area (Å²) in [6, 6.07) is 0.434. The van der Waals surface area contributed by atoms with Crippen molar-refractivity contribution in [1.82, 2.24) is 25.1 Å². The molecule has 3 aromatic rings. The van der Waals surface area contributed by atoms with Gasteiger partial charge in [0.15, 0.2) is 23.1 Å². The van der Waals surface area contributed by atoms with Crippen LogP contribution in [-0.4, -0.2) is 48.3 Å². The number of hydrogen-bond acceptors (Lipinski definition) is 6. The topological polar surface area (TPSA) is 121 Å². The lowest BCUT2D eigenvalue weighted by molar-refractivity contribution is -0.148. The molecule has 7 rings (SSSR count). The maximum absolute atomic E-state index is 15.7. The molecule has 0 amide bonds. The first-order valence-corrected chi connectivity index (χ1v) is 11.4. The number of nitrogens with one attached hydrogen (secondary N) is 2. The Morgan fingerprint density at radius 3 is 2.68 bits per heavy atom. The monoisotopic (exact) mass is 465 g/mol. The van der Waals surface area contributed by atoms with Crippen LogP contribution in [0.3, 0.4) is 0 Å². The van der Waals surface area contributed by atoms with Crippen LogP contribution in [0.15, 0.2) is 12.3 Å². The Kier molecular flexibility index (Phi) is 4.72. The molecule has 3 aromatic heterocycles. The first kappa shape index (κ1) is 20.9. The smallest absolute Gasteiger partial charge is 0.308 e. The number of pyridine rings is 1. The molecule has 0 aliphatic heterocycles. The molecule has 4 fully saturated rings. The molecule has 4 atom stereocenters. The third-order valence-electron chi connectivity index (χ3n) is 7.56. The minimum absolute atomic E-state index is 0.0457. The maximum Gasteiger partial charge on any atom is 0.308 e. The van der Waals surface area contributed by atoms with E-state index in [9.17, 15) is 14.3 Å². The third kappa shape index (κ3) is 3.28. The Labute approximate surface area is 192 Å². The molecule has 1 unspecified atom stereocenters.